The SMILES string of the molecule is CN(C)CCn1c(=O)oc2ccc(NC(=O)C3=CC=CN4CCS(=O)(=O)N=C34)cc21. The fraction of sp³-hybridized carbons (Fsp3) is 0.316. The van der Waals surface area contributed by atoms with Gasteiger partial charge in [-0.3, -0.25) is 9.36 Å². The fourth-order valence-electron chi connectivity index (χ4n) is 3.24. The van der Waals surface area contributed by atoms with Gasteiger partial charge in [-0.25, -0.2) is 13.2 Å². The van der Waals surface area contributed by atoms with Crippen molar-refractivity contribution in [3.63, 3.8) is 0 Å². The summed E-state index contributed by atoms with van der Waals surface area (Å²) in [7, 11) is 0.211. The van der Waals surface area contributed by atoms with Crippen molar-refractivity contribution >= 4 is 38.6 Å². The number of sulfonamides is 1. The first-order chi connectivity index (χ1) is 14.2. The first kappa shape index (κ1) is 20.1. The van der Waals surface area contributed by atoms with Gasteiger partial charge in [0.1, 0.15) is 0 Å². The molecule has 0 unspecified atom stereocenters. The normalized spacial score (nSPS) is 17.6. The number of rotatable bonds is 5. The van der Waals surface area contributed by atoms with Gasteiger partial charge >= 0.3 is 5.76 Å². The zero-order valence-corrected chi connectivity index (χ0v) is 17.3. The molecule has 11 heteroatoms. The number of allylic oxidation sites excluding steroid dienone is 2. The van der Waals surface area contributed by atoms with Gasteiger partial charge in [-0.2, -0.15) is 0 Å². The number of carbonyl (C=O) groups is 1. The Balaban J connectivity index is 1.62. The number of likely N-dealkylation sites (N-methyl/N-ethyl adjacent to an activating group) is 1. The van der Waals surface area contributed by atoms with E-state index in [0.717, 1.165) is 0 Å². The molecule has 0 atom stereocenters. The van der Waals surface area contributed by atoms with Crippen LogP contribution in [0, 0.1) is 0 Å². The van der Waals surface area contributed by atoms with Crippen LogP contribution in [-0.4, -0.2) is 67.5 Å². The lowest BCUT2D eigenvalue weighted by Gasteiger charge is -2.28. The fourth-order valence-corrected chi connectivity index (χ4v) is 4.23. The molecule has 30 heavy (non-hydrogen) atoms. The largest absolute Gasteiger partial charge is 0.419 e. The molecule has 1 aromatic heterocycles. The van der Waals surface area contributed by atoms with Crippen molar-refractivity contribution in [3.8, 4) is 0 Å². The van der Waals surface area contributed by atoms with Crippen LogP contribution in [0.5, 0.6) is 0 Å². The summed E-state index contributed by atoms with van der Waals surface area (Å²) in [6.07, 6.45) is 4.88. The van der Waals surface area contributed by atoms with E-state index in [9.17, 15) is 18.0 Å². The average Bonchev–Trinajstić information content (AvgIpc) is 2.99. The highest BCUT2D eigenvalue weighted by Gasteiger charge is 2.30. The zero-order chi connectivity index (χ0) is 21.5. The zero-order valence-electron chi connectivity index (χ0n) is 16.5. The molecule has 158 valence electrons. The van der Waals surface area contributed by atoms with Gasteiger partial charge in [0.2, 0.25) is 0 Å². The van der Waals surface area contributed by atoms with Gasteiger partial charge in [-0.15, -0.1) is 4.40 Å². The van der Waals surface area contributed by atoms with E-state index in [1.165, 1.54) is 10.6 Å². The molecule has 0 fully saturated rings. The minimum Gasteiger partial charge on any atom is -0.408 e. The number of benzene rings is 1. The number of amides is 1. The van der Waals surface area contributed by atoms with Crippen LogP contribution in [0.1, 0.15) is 0 Å². The molecule has 4 rings (SSSR count). The Hall–Kier alpha value is -3.18. The lowest BCUT2D eigenvalue weighted by Crippen LogP contribution is -2.40. The van der Waals surface area contributed by atoms with Gasteiger partial charge in [0.05, 0.1) is 16.8 Å². The van der Waals surface area contributed by atoms with Gasteiger partial charge < -0.3 is 19.5 Å². The monoisotopic (exact) mass is 431 g/mol. The quantitative estimate of drug-likeness (QED) is 0.736. The van der Waals surface area contributed by atoms with Gasteiger partial charge in [0, 0.05) is 31.5 Å². The van der Waals surface area contributed by atoms with Crippen molar-refractivity contribution in [1.82, 2.24) is 14.4 Å². The maximum atomic E-state index is 12.9. The van der Waals surface area contributed by atoms with Crippen molar-refractivity contribution in [2.45, 2.75) is 6.54 Å². The second-order valence-corrected chi connectivity index (χ2v) is 9.03. The van der Waals surface area contributed by atoms with E-state index in [4.69, 9.17) is 4.42 Å². The summed E-state index contributed by atoms with van der Waals surface area (Å²) in [6.45, 7) is 1.33. The number of amidine groups is 1. The molecular weight excluding hydrogens is 410 g/mol. The molecule has 10 nitrogen and oxygen atoms in total. The van der Waals surface area contributed by atoms with E-state index in [2.05, 4.69) is 9.71 Å². The van der Waals surface area contributed by atoms with Crippen molar-refractivity contribution < 1.29 is 17.6 Å². The second-order valence-electron chi connectivity index (χ2n) is 7.28. The molecule has 0 saturated carbocycles. The molecule has 1 amide bonds. The number of carbonyl (C=O) groups excluding carboxylic acids is 1. The summed E-state index contributed by atoms with van der Waals surface area (Å²) in [5.74, 6) is -0.955. The molecule has 3 heterocycles. The minimum absolute atomic E-state index is 0.0998. The Morgan fingerprint density at radius 2 is 2.13 bits per heavy atom. The highest BCUT2D eigenvalue weighted by molar-refractivity contribution is 7.90. The minimum atomic E-state index is -3.60. The van der Waals surface area contributed by atoms with Crippen LogP contribution in [0.15, 0.2) is 55.7 Å². The highest BCUT2D eigenvalue weighted by Crippen LogP contribution is 2.22. The van der Waals surface area contributed by atoms with Crippen LogP contribution in [0.3, 0.4) is 0 Å². The number of aromatic nitrogens is 1. The Kier molecular flexibility index (Phi) is 5.08. The second kappa shape index (κ2) is 7.58. The van der Waals surface area contributed by atoms with E-state index in [1.807, 2.05) is 19.0 Å². The number of fused-ring (bicyclic) bond motifs is 2. The lowest BCUT2D eigenvalue weighted by atomic mass is 10.1. The van der Waals surface area contributed by atoms with Crippen LogP contribution in [0.25, 0.3) is 11.1 Å². The summed E-state index contributed by atoms with van der Waals surface area (Å²) in [6, 6.07) is 4.89. The third kappa shape index (κ3) is 3.94. The third-order valence-corrected chi connectivity index (χ3v) is 5.95. The Bertz CT molecular complexity index is 1270. The van der Waals surface area contributed by atoms with E-state index >= 15 is 0 Å². The molecular formula is C19H21N5O5S. The Labute approximate surface area is 172 Å². The van der Waals surface area contributed by atoms with Crippen molar-refractivity contribution in [2.75, 3.05) is 38.3 Å². The van der Waals surface area contributed by atoms with Crippen molar-refractivity contribution in [3.05, 3.63) is 52.7 Å². The van der Waals surface area contributed by atoms with E-state index < -0.39 is 21.7 Å². The Morgan fingerprint density at radius 1 is 1.33 bits per heavy atom. The predicted molar refractivity (Wildman–Crippen MR) is 113 cm³/mol. The smallest absolute Gasteiger partial charge is 0.408 e. The summed E-state index contributed by atoms with van der Waals surface area (Å²) in [4.78, 5) is 28.6. The molecule has 1 aromatic carbocycles. The Morgan fingerprint density at radius 3 is 2.90 bits per heavy atom. The number of nitrogens with zero attached hydrogens (tertiary/aromatic N) is 4. The maximum Gasteiger partial charge on any atom is 0.419 e. The van der Waals surface area contributed by atoms with Gasteiger partial charge in [-0.05, 0) is 44.4 Å². The lowest BCUT2D eigenvalue weighted by molar-refractivity contribution is -0.112. The maximum absolute atomic E-state index is 12.9. The molecule has 2 aliphatic heterocycles. The first-order valence-corrected chi connectivity index (χ1v) is 10.9. The predicted octanol–water partition coefficient (Wildman–Crippen LogP) is 0.592. The molecule has 0 aliphatic carbocycles. The number of anilines is 1. The molecule has 0 saturated heterocycles. The molecule has 1 N–H and O–H groups in total. The van der Waals surface area contributed by atoms with Crippen molar-refractivity contribution in [1.29, 1.82) is 0 Å². The topological polar surface area (TPSA) is 117 Å². The van der Waals surface area contributed by atoms with Gasteiger partial charge in [0.15, 0.2) is 11.4 Å². The molecule has 0 radical (unpaired) electrons. The van der Waals surface area contributed by atoms with Crippen LogP contribution in [0.2, 0.25) is 0 Å². The van der Waals surface area contributed by atoms with E-state index in [-0.39, 0.29) is 23.7 Å². The molecule has 2 aliphatic rings. The standard InChI is InChI=1S/C19H21N5O5S/c1-22(2)8-9-24-15-12-13(5-6-16(15)29-19(24)26)20-18(25)14-4-3-7-23-10-11-30(27,28)21-17(14)23/h3-7,12H,8-11H2,1-2H3,(H,20,25). The van der Waals surface area contributed by atoms with Crippen LogP contribution >= 0.6 is 0 Å². The van der Waals surface area contributed by atoms with E-state index in [1.54, 1.807) is 35.4 Å². The third-order valence-electron chi connectivity index (χ3n) is 4.80. The molecule has 2 aromatic rings. The highest BCUT2D eigenvalue weighted by atomic mass is 32.2. The van der Waals surface area contributed by atoms with Crippen LogP contribution in [-0.2, 0) is 21.4 Å². The summed E-state index contributed by atoms with van der Waals surface area (Å²) in [5, 5.41) is 2.75. The summed E-state index contributed by atoms with van der Waals surface area (Å²) < 4.78 is 34.3. The first-order valence-electron chi connectivity index (χ1n) is 9.31. The van der Waals surface area contributed by atoms with Crippen LogP contribution < -0.4 is 11.1 Å². The molecule has 0 spiro atoms. The van der Waals surface area contributed by atoms with Gasteiger partial charge in [-0.1, -0.05) is 0 Å². The number of nitrogens with one attached hydrogen (secondary N) is 1. The summed E-state index contributed by atoms with van der Waals surface area (Å²) >= 11 is 0. The number of oxazole rings is 1. The van der Waals surface area contributed by atoms with Gasteiger partial charge in [0.25, 0.3) is 15.9 Å². The van der Waals surface area contributed by atoms with Crippen molar-refractivity contribution in [2.24, 2.45) is 4.40 Å². The number of hydrogen-bond donors (Lipinski definition) is 1. The number of hydrogen-bond acceptors (Lipinski definition) is 7. The van der Waals surface area contributed by atoms with Crippen LogP contribution in [0.4, 0.5) is 5.69 Å². The average molecular weight is 431 g/mol. The summed E-state index contributed by atoms with van der Waals surface area (Å²) in [5.41, 5.74) is 1.59. The molecule has 0 bridgehead atoms. The van der Waals surface area contributed by atoms with E-state index in [0.29, 0.717) is 29.9 Å².